The molecule has 8 heteroatoms. The summed E-state index contributed by atoms with van der Waals surface area (Å²) in [4.78, 5) is 0. The molecule has 0 amide bonds. The van der Waals surface area contributed by atoms with Crippen LogP contribution in [0.25, 0.3) is 0 Å². The van der Waals surface area contributed by atoms with E-state index in [9.17, 15) is 17.7 Å². The first kappa shape index (κ1) is 23.5. The zero-order valence-corrected chi connectivity index (χ0v) is 17.7. The van der Waals surface area contributed by atoms with Gasteiger partial charge in [-0.1, -0.05) is 49.7 Å². The predicted molar refractivity (Wildman–Crippen MR) is 109 cm³/mol. The summed E-state index contributed by atoms with van der Waals surface area (Å²) in [6, 6.07) is 12.0. The van der Waals surface area contributed by atoms with Gasteiger partial charge in [0.2, 0.25) is 0 Å². The van der Waals surface area contributed by atoms with Crippen LogP contribution in [0.1, 0.15) is 49.2 Å². The first-order valence-corrected chi connectivity index (χ1v) is 11.2. The van der Waals surface area contributed by atoms with E-state index < -0.39 is 25.1 Å². The Labute approximate surface area is 170 Å². The van der Waals surface area contributed by atoms with Crippen LogP contribution < -0.4 is 5.32 Å². The summed E-state index contributed by atoms with van der Waals surface area (Å²) >= 11 is 0. The van der Waals surface area contributed by atoms with E-state index in [0.717, 1.165) is 17.7 Å². The van der Waals surface area contributed by atoms with Crippen LogP contribution in [0.15, 0.2) is 48.5 Å². The number of aryl methyl sites for hydroxylation is 1. The van der Waals surface area contributed by atoms with Gasteiger partial charge in [0.25, 0.3) is 0 Å². The van der Waals surface area contributed by atoms with Crippen LogP contribution in [-0.4, -0.2) is 13.2 Å². The van der Waals surface area contributed by atoms with Crippen molar-refractivity contribution < 1.29 is 26.8 Å². The molecule has 29 heavy (non-hydrogen) atoms. The van der Waals surface area contributed by atoms with Crippen molar-refractivity contribution in [3.05, 3.63) is 65.2 Å². The molecule has 0 spiro atoms. The van der Waals surface area contributed by atoms with E-state index in [0.29, 0.717) is 18.4 Å². The Bertz CT molecular complexity index is 813. The second-order valence-corrected chi connectivity index (χ2v) is 8.85. The number of benzene rings is 2. The molecular formula is C21H27F3NO3P. The minimum Gasteiger partial charge on any atom is -0.368 e. The largest absolute Gasteiger partial charge is 0.416 e. The maximum Gasteiger partial charge on any atom is 0.416 e. The van der Waals surface area contributed by atoms with Crippen LogP contribution in [0.3, 0.4) is 0 Å². The highest BCUT2D eigenvalue weighted by Gasteiger charge is 2.38. The van der Waals surface area contributed by atoms with Crippen LogP contribution in [0.5, 0.6) is 0 Å². The minimum absolute atomic E-state index is 0.186. The zero-order valence-electron chi connectivity index (χ0n) is 16.8. The molecule has 0 bridgehead atoms. The van der Waals surface area contributed by atoms with Crippen molar-refractivity contribution in [2.45, 2.75) is 45.6 Å². The standard InChI is InChI=1S/C21H27F3NO3P/c1-4-13-27-29(26,28-14-5-2)20(17-11-9-16(3)10-12-17)25-19-8-6-7-18(15-19)21(22,23)24/h6-12,15,20,25H,4-5,13-14H2,1-3H3/t20-/m1/s1. The summed E-state index contributed by atoms with van der Waals surface area (Å²) in [5.74, 6) is -0.940. The molecule has 0 fully saturated rings. The van der Waals surface area contributed by atoms with Gasteiger partial charge in [0, 0.05) is 5.69 Å². The first-order chi connectivity index (χ1) is 13.7. The molecule has 0 radical (unpaired) electrons. The number of anilines is 1. The highest BCUT2D eigenvalue weighted by atomic mass is 31.2. The number of hydrogen-bond acceptors (Lipinski definition) is 4. The Morgan fingerprint density at radius 2 is 1.59 bits per heavy atom. The average molecular weight is 429 g/mol. The quantitative estimate of drug-likeness (QED) is 0.407. The van der Waals surface area contributed by atoms with Gasteiger partial charge in [-0.25, -0.2) is 0 Å². The van der Waals surface area contributed by atoms with Crippen molar-refractivity contribution in [1.29, 1.82) is 0 Å². The fourth-order valence-corrected chi connectivity index (χ4v) is 4.75. The molecule has 0 saturated carbocycles. The van der Waals surface area contributed by atoms with Gasteiger partial charge in [-0.05, 0) is 43.5 Å². The van der Waals surface area contributed by atoms with Crippen LogP contribution in [0.2, 0.25) is 0 Å². The third kappa shape index (κ3) is 6.59. The molecule has 0 unspecified atom stereocenters. The Kier molecular flexibility index (Phi) is 8.32. The Morgan fingerprint density at radius 3 is 2.10 bits per heavy atom. The van der Waals surface area contributed by atoms with Crippen LogP contribution in [0, 0.1) is 6.92 Å². The number of rotatable bonds is 10. The summed E-state index contributed by atoms with van der Waals surface area (Å²) < 4.78 is 64.3. The molecule has 2 aromatic rings. The van der Waals surface area contributed by atoms with Gasteiger partial charge in [-0.3, -0.25) is 4.57 Å². The number of alkyl halides is 3. The molecule has 0 aromatic heterocycles. The lowest BCUT2D eigenvalue weighted by Crippen LogP contribution is -2.16. The van der Waals surface area contributed by atoms with E-state index >= 15 is 0 Å². The molecule has 2 aromatic carbocycles. The van der Waals surface area contributed by atoms with Gasteiger partial charge < -0.3 is 14.4 Å². The fourth-order valence-electron chi connectivity index (χ4n) is 2.66. The molecule has 2 rings (SSSR count). The summed E-state index contributed by atoms with van der Waals surface area (Å²) in [7, 11) is -3.71. The van der Waals surface area contributed by atoms with E-state index in [4.69, 9.17) is 9.05 Å². The molecular weight excluding hydrogens is 402 g/mol. The van der Waals surface area contributed by atoms with Crippen molar-refractivity contribution >= 4 is 13.3 Å². The normalized spacial score (nSPS) is 13.3. The molecule has 0 aliphatic carbocycles. The van der Waals surface area contributed by atoms with E-state index in [1.54, 1.807) is 12.1 Å². The topological polar surface area (TPSA) is 47.6 Å². The van der Waals surface area contributed by atoms with Crippen molar-refractivity contribution in [1.82, 2.24) is 0 Å². The van der Waals surface area contributed by atoms with Crippen LogP contribution in [-0.2, 0) is 19.8 Å². The summed E-state index contributed by atoms with van der Waals surface area (Å²) in [6.07, 6.45) is -3.22. The van der Waals surface area contributed by atoms with Gasteiger partial charge in [-0.15, -0.1) is 0 Å². The van der Waals surface area contributed by atoms with Crippen molar-refractivity contribution in [2.24, 2.45) is 0 Å². The molecule has 160 valence electrons. The van der Waals surface area contributed by atoms with Gasteiger partial charge >= 0.3 is 13.8 Å². The molecule has 4 nitrogen and oxygen atoms in total. The highest BCUT2D eigenvalue weighted by Crippen LogP contribution is 2.61. The summed E-state index contributed by atoms with van der Waals surface area (Å²) in [5.41, 5.74) is 1.02. The van der Waals surface area contributed by atoms with Crippen molar-refractivity contribution in [3.8, 4) is 0 Å². The second kappa shape index (κ2) is 10.3. The van der Waals surface area contributed by atoms with Gasteiger partial charge in [0.05, 0.1) is 18.8 Å². The Hall–Kier alpha value is -1.82. The SMILES string of the molecule is CCCOP(=O)(OCCC)[C@@H](Nc1cccc(C(F)(F)F)c1)c1ccc(C)cc1. The highest BCUT2D eigenvalue weighted by molar-refractivity contribution is 7.54. The van der Waals surface area contributed by atoms with Crippen molar-refractivity contribution in [3.63, 3.8) is 0 Å². The third-order valence-corrected chi connectivity index (χ3v) is 6.30. The van der Waals surface area contributed by atoms with E-state index in [1.165, 1.54) is 12.1 Å². The smallest absolute Gasteiger partial charge is 0.368 e. The Morgan fingerprint density at radius 1 is 1.00 bits per heavy atom. The third-order valence-electron chi connectivity index (χ3n) is 4.15. The summed E-state index contributed by atoms with van der Waals surface area (Å²) in [6.45, 7) is 6.11. The van der Waals surface area contributed by atoms with Gasteiger partial charge in [0.15, 0.2) is 5.78 Å². The Balaban J connectivity index is 2.46. The van der Waals surface area contributed by atoms with E-state index in [2.05, 4.69) is 5.32 Å². The van der Waals surface area contributed by atoms with Gasteiger partial charge in [-0.2, -0.15) is 13.2 Å². The molecule has 0 heterocycles. The lowest BCUT2D eigenvalue weighted by molar-refractivity contribution is -0.137. The maximum absolute atomic E-state index is 13.7. The van der Waals surface area contributed by atoms with Gasteiger partial charge in [0.1, 0.15) is 0 Å². The van der Waals surface area contributed by atoms with Crippen molar-refractivity contribution in [2.75, 3.05) is 18.5 Å². The maximum atomic E-state index is 13.7. The monoisotopic (exact) mass is 429 g/mol. The zero-order chi connectivity index (χ0) is 21.5. The molecule has 0 aliphatic heterocycles. The van der Waals surface area contributed by atoms with Crippen LogP contribution in [0.4, 0.5) is 18.9 Å². The summed E-state index contributed by atoms with van der Waals surface area (Å²) in [5, 5.41) is 2.97. The molecule has 0 aliphatic rings. The van der Waals surface area contributed by atoms with E-state index in [1.807, 2.05) is 32.9 Å². The average Bonchev–Trinajstić information content (AvgIpc) is 2.69. The lowest BCUT2D eigenvalue weighted by Gasteiger charge is -2.29. The minimum atomic E-state index is -4.47. The molecule has 1 atom stereocenters. The van der Waals surface area contributed by atoms with Crippen LogP contribution >= 0.6 is 7.60 Å². The lowest BCUT2D eigenvalue weighted by atomic mass is 10.1. The molecule has 1 N–H and O–H groups in total. The number of halogens is 3. The fraction of sp³-hybridized carbons (Fsp3) is 0.429. The van der Waals surface area contributed by atoms with E-state index in [-0.39, 0.29) is 18.9 Å². The molecule has 0 saturated heterocycles. The number of nitrogens with one attached hydrogen (secondary N) is 1. The second-order valence-electron chi connectivity index (χ2n) is 6.74. The number of hydrogen-bond donors (Lipinski definition) is 1. The first-order valence-electron chi connectivity index (χ1n) is 9.58. The predicted octanol–water partition coefficient (Wildman–Crippen LogP) is 7.17.